The lowest BCUT2D eigenvalue weighted by atomic mass is 10.00. The van der Waals surface area contributed by atoms with E-state index in [2.05, 4.69) is 16.0 Å². The minimum atomic E-state index is -1.22. The van der Waals surface area contributed by atoms with Crippen molar-refractivity contribution in [2.24, 2.45) is 17.4 Å². The summed E-state index contributed by atoms with van der Waals surface area (Å²) >= 11 is 0. The molecule has 0 heterocycles. The summed E-state index contributed by atoms with van der Waals surface area (Å²) < 4.78 is 0. The summed E-state index contributed by atoms with van der Waals surface area (Å²) in [4.78, 5) is 50.2. The van der Waals surface area contributed by atoms with Crippen LogP contribution in [0.15, 0.2) is 30.3 Å². The van der Waals surface area contributed by atoms with Crippen LogP contribution in [-0.4, -0.2) is 70.7 Å². The van der Waals surface area contributed by atoms with E-state index < -0.39 is 54.0 Å². The number of aliphatic hydroxyl groups excluding tert-OH is 1. The highest BCUT2D eigenvalue weighted by Crippen LogP contribution is 2.09. The Morgan fingerprint density at radius 2 is 1.49 bits per heavy atom. The molecule has 0 aliphatic heterocycles. The molecule has 35 heavy (non-hydrogen) atoms. The minimum absolute atomic E-state index is 0.111. The molecule has 0 aliphatic rings. The van der Waals surface area contributed by atoms with Crippen LogP contribution >= 0.6 is 0 Å². The summed E-state index contributed by atoms with van der Waals surface area (Å²) in [5.41, 5.74) is 11.9. The number of carboxylic acid groups (broad SMARTS) is 1. The number of unbranched alkanes of at least 4 members (excludes halogenated alkanes) is 1. The number of aliphatic hydroxyl groups is 1. The minimum Gasteiger partial charge on any atom is -0.480 e. The number of amides is 3. The summed E-state index contributed by atoms with van der Waals surface area (Å²) in [6.07, 6.45) is 0.337. The van der Waals surface area contributed by atoms with Gasteiger partial charge in [0.05, 0.1) is 6.10 Å². The predicted octanol–water partition coefficient (Wildman–Crippen LogP) is -0.739. The van der Waals surface area contributed by atoms with Crippen LogP contribution in [0.4, 0.5) is 0 Å². The molecule has 0 fully saturated rings. The molecule has 0 radical (unpaired) electrons. The summed E-state index contributed by atoms with van der Waals surface area (Å²) in [7, 11) is 0. The van der Waals surface area contributed by atoms with Crippen LogP contribution < -0.4 is 27.4 Å². The standard InChI is InChI=1S/C24H39N5O6/c1-14(2)20(29-22(32)19(26)15(3)30)23(33)28-18(13-16-9-5-4-6-10-16)21(31)27-17(24(34)35)11-7-8-12-25/h4-6,9-10,14-15,17-20,30H,7-8,11-13,25-26H2,1-3H3,(H,27,31)(H,28,33)(H,29,32)(H,34,35). The molecule has 0 aliphatic carbocycles. The van der Waals surface area contributed by atoms with Crippen molar-refractivity contribution >= 4 is 23.7 Å². The van der Waals surface area contributed by atoms with E-state index in [9.17, 15) is 29.4 Å². The Kier molecular flexibility index (Phi) is 12.9. The van der Waals surface area contributed by atoms with E-state index in [1.54, 1.807) is 38.1 Å². The summed E-state index contributed by atoms with van der Waals surface area (Å²) in [6, 6.07) is 4.47. The maximum atomic E-state index is 13.1. The topological polar surface area (TPSA) is 197 Å². The number of benzene rings is 1. The Balaban J connectivity index is 3.07. The fourth-order valence-electron chi connectivity index (χ4n) is 3.35. The highest BCUT2D eigenvalue weighted by atomic mass is 16.4. The molecule has 1 aromatic rings. The third kappa shape index (κ3) is 10.4. The Morgan fingerprint density at radius 3 is 2.00 bits per heavy atom. The van der Waals surface area contributed by atoms with E-state index in [-0.39, 0.29) is 18.8 Å². The second kappa shape index (κ2) is 15.1. The van der Waals surface area contributed by atoms with Crippen LogP contribution in [-0.2, 0) is 25.6 Å². The lowest BCUT2D eigenvalue weighted by Crippen LogP contribution is -2.59. The van der Waals surface area contributed by atoms with Crippen molar-refractivity contribution in [1.29, 1.82) is 0 Å². The molecular weight excluding hydrogens is 454 g/mol. The SMILES string of the molecule is CC(C)C(NC(=O)C(N)C(C)O)C(=O)NC(Cc1ccccc1)C(=O)NC(CCCCN)C(=O)O. The molecule has 11 nitrogen and oxygen atoms in total. The van der Waals surface area contributed by atoms with Crippen LogP contribution in [0, 0.1) is 5.92 Å². The molecule has 3 amide bonds. The molecule has 0 aromatic heterocycles. The van der Waals surface area contributed by atoms with E-state index >= 15 is 0 Å². The van der Waals surface area contributed by atoms with Crippen LogP contribution in [0.25, 0.3) is 0 Å². The van der Waals surface area contributed by atoms with Crippen molar-refractivity contribution in [3.8, 4) is 0 Å². The monoisotopic (exact) mass is 493 g/mol. The first-order valence-electron chi connectivity index (χ1n) is 11.8. The van der Waals surface area contributed by atoms with Gasteiger partial charge >= 0.3 is 5.97 Å². The highest BCUT2D eigenvalue weighted by Gasteiger charge is 2.32. The molecule has 0 saturated carbocycles. The van der Waals surface area contributed by atoms with Gasteiger partial charge in [-0.2, -0.15) is 0 Å². The summed E-state index contributed by atoms with van der Waals surface area (Å²) in [6.45, 7) is 5.19. The lowest BCUT2D eigenvalue weighted by Gasteiger charge is -2.27. The van der Waals surface area contributed by atoms with Gasteiger partial charge in [0, 0.05) is 6.42 Å². The number of nitrogens with one attached hydrogen (secondary N) is 3. The van der Waals surface area contributed by atoms with Crippen LogP contribution in [0.5, 0.6) is 0 Å². The smallest absolute Gasteiger partial charge is 0.326 e. The van der Waals surface area contributed by atoms with Gasteiger partial charge in [-0.15, -0.1) is 0 Å². The fourth-order valence-corrected chi connectivity index (χ4v) is 3.35. The van der Waals surface area contributed by atoms with E-state index in [0.29, 0.717) is 19.4 Å². The first-order valence-corrected chi connectivity index (χ1v) is 11.8. The van der Waals surface area contributed by atoms with Gasteiger partial charge < -0.3 is 37.6 Å². The average molecular weight is 494 g/mol. The normalized spacial score (nSPS) is 15.4. The predicted molar refractivity (Wildman–Crippen MR) is 131 cm³/mol. The van der Waals surface area contributed by atoms with E-state index in [1.807, 2.05) is 6.07 Å². The zero-order valence-corrected chi connectivity index (χ0v) is 20.6. The quantitative estimate of drug-likeness (QED) is 0.155. The molecule has 1 aromatic carbocycles. The van der Waals surface area contributed by atoms with Crippen LogP contribution in [0.2, 0.25) is 0 Å². The molecule has 196 valence electrons. The average Bonchev–Trinajstić information content (AvgIpc) is 2.80. The number of hydrogen-bond donors (Lipinski definition) is 7. The van der Waals surface area contributed by atoms with Gasteiger partial charge in [-0.25, -0.2) is 4.79 Å². The first kappa shape index (κ1) is 30.0. The highest BCUT2D eigenvalue weighted by molar-refractivity contribution is 5.94. The maximum Gasteiger partial charge on any atom is 0.326 e. The summed E-state index contributed by atoms with van der Waals surface area (Å²) in [5.74, 6) is -3.53. The third-order valence-electron chi connectivity index (χ3n) is 5.55. The first-order chi connectivity index (χ1) is 16.5. The molecule has 11 heteroatoms. The van der Waals surface area contributed by atoms with Gasteiger partial charge in [0.15, 0.2) is 0 Å². The number of carbonyl (C=O) groups excluding carboxylic acids is 3. The lowest BCUT2D eigenvalue weighted by molar-refractivity contribution is -0.142. The Labute approximate surface area is 206 Å². The number of carbonyl (C=O) groups is 4. The molecule has 9 N–H and O–H groups in total. The zero-order chi connectivity index (χ0) is 26.5. The zero-order valence-electron chi connectivity index (χ0n) is 20.6. The molecule has 1 rings (SSSR count). The number of nitrogens with two attached hydrogens (primary N) is 2. The second-order valence-corrected chi connectivity index (χ2v) is 8.93. The number of aliphatic carboxylic acids is 1. The van der Waals surface area contributed by atoms with Crippen molar-refractivity contribution in [1.82, 2.24) is 16.0 Å². The Bertz CT molecular complexity index is 833. The van der Waals surface area contributed by atoms with E-state index in [4.69, 9.17) is 11.5 Å². The number of rotatable bonds is 15. The van der Waals surface area contributed by atoms with Crippen molar-refractivity contribution in [2.75, 3.05) is 6.54 Å². The fraction of sp³-hybridized carbons (Fsp3) is 0.583. The van der Waals surface area contributed by atoms with Gasteiger partial charge in [-0.05, 0) is 44.2 Å². The van der Waals surface area contributed by atoms with Crippen LogP contribution in [0.1, 0.15) is 45.6 Å². The van der Waals surface area contributed by atoms with Gasteiger partial charge in [0.2, 0.25) is 17.7 Å². The third-order valence-corrected chi connectivity index (χ3v) is 5.55. The van der Waals surface area contributed by atoms with Gasteiger partial charge in [0.1, 0.15) is 24.2 Å². The molecular formula is C24H39N5O6. The number of hydrogen-bond acceptors (Lipinski definition) is 7. The van der Waals surface area contributed by atoms with E-state index in [1.165, 1.54) is 6.92 Å². The van der Waals surface area contributed by atoms with Crippen molar-refractivity contribution in [2.45, 2.75) is 76.7 Å². The van der Waals surface area contributed by atoms with Gasteiger partial charge in [-0.3, -0.25) is 14.4 Å². The van der Waals surface area contributed by atoms with E-state index in [0.717, 1.165) is 5.56 Å². The Morgan fingerprint density at radius 1 is 0.886 bits per heavy atom. The Hall–Kier alpha value is -3.02. The number of carboxylic acids is 1. The van der Waals surface area contributed by atoms with Crippen LogP contribution in [0.3, 0.4) is 0 Å². The van der Waals surface area contributed by atoms with Crippen molar-refractivity contribution < 1.29 is 29.4 Å². The van der Waals surface area contributed by atoms with Crippen molar-refractivity contribution in [3.05, 3.63) is 35.9 Å². The maximum absolute atomic E-state index is 13.1. The second-order valence-electron chi connectivity index (χ2n) is 8.93. The largest absolute Gasteiger partial charge is 0.480 e. The molecule has 5 atom stereocenters. The molecule has 0 bridgehead atoms. The van der Waals surface area contributed by atoms with Gasteiger partial charge in [0.25, 0.3) is 0 Å². The van der Waals surface area contributed by atoms with Crippen molar-refractivity contribution in [3.63, 3.8) is 0 Å². The van der Waals surface area contributed by atoms with Gasteiger partial charge in [-0.1, -0.05) is 44.2 Å². The molecule has 0 spiro atoms. The summed E-state index contributed by atoms with van der Waals surface area (Å²) in [5, 5.41) is 26.8. The molecule has 5 unspecified atom stereocenters. The molecule has 0 saturated heterocycles.